The molecule has 6 amide bonds. The fourth-order valence-corrected chi connectivity index (χ4v) is 4.10. The first-order valence-corrected chi connectivity index (χ1v) is 15.2. The van der Waals surface area contributed by atoms with E-state index in [9.17, 15) is 44.4 Å². The monoisotopic (exact) mass is 636 g/mol. The number of hydrogen-bond acceptors (Lipinski definition) is 9. The summed E-state index contributed by atoms with van der Waals surface area (Å²) in [5.74, 6) is -2.75. The van der Waals surface area contributed by atoms with E-state index in [1.807, 2.05) is 0 Å². The molecule has 1 aromatic carbocycles. The smallest absolute Gasteiger partial charge is 0.251 e. The van der Waals surface area contributed by atoms with Gasteiger partial charge in [0, 0.05) is 76.7 Å². The van der Waals surface area contributed by atoms with Crippen molar-refractivity contribution in [3.05, 3.63) is 34.9 Å². The van der Waals surface area contributed by atoms with Crippen LogP contribution < -0.4 is 16.0 Å². The lowest BCUT2D eigenvalue weighted by Gasteiger charge is -2.13. The topological polar surface area (TPSA) is 209 Å². The molecular formula is C30H48N6O9. The first-order chi connectivity index (χ1) is 21.3. The number of benzene rings is 1. The van der Waals surface area contributed by atoms with E-state index in [4.69, 9.17) is 0 Å². The van der Waals surface area contributed by atoms with Crippen LogP contribution in [-0.4, -0.2) is 106 Å². The fraction of sp³-hybridized carbons (Fsp3) is 0.600. The molecule has 0 atom stereocenters. The van der Waals surface area contributed by atoms with Crippen molar-refractivity contribution in [2.75, 3.05) is 39.3 Å². The molecule has 15 nitrogen and oxygen atoms in total. The molecule has 0 bridgehead atoms. The molecule has 0 radical (unpaired) electrons. The minimum atomic E-state index is -0.468. The van der Waals surface area contributed by atoms with Crippen molar-refractivity contribution in [3.63, 3.8) is 0 Å². The van der Waals surface area contributed by atoms with Gasteiger partial charge in [-0.2, -0.15) is 0 Å². The molecule has 0 saturated carbocycles. The van der Waals surface area contributed by atoms with Crippen LogP contribution in [0.5, 0.6) is 0 Å². The van der Waals surface area contributed by atoms with Crippen molar-refractivity contribution in [2.24, 2.45) is 0 Å². The second-order valence-corrected chi connectivity index (χ2v) is 10.7. The molecule has 0 unspecified atom stereocenters. The molecule has 252 valence electrons. The van der Waals surface area contributed by atoms with Gasteiger partial charge in [-0.1, -0.05) is 0 Å². The highest BCUT2D eigenvalue weighted by atomic mass is 16.5. The summed E-state index contributed by atoms with van der Waals surface area (Å²) in [5, 5.41) is 38.5. The molecule has 45 heavy (non-hydrogen) atoms. The van der Waals surface area contributed by atoms with Gasteiger partial charge in [0.2, 0.25) is 17.7 Å². The van der Waals surface area contributed by atoms with Gasteiger partial charge in [0.15, 0.2) is 0 Å². The van der Waals surface area contributed by atoms with Gasteiger partial charge in [-0.15, -0.1) is 0 Å². The number of hydrogen-bond donors (Lipinski definition) is 6. The highest BCUT2D eigenvalue weighted by Gasteiger charge is 2.17. The van der Waals surface area contributed by atoms with E-state index in [1.54, 1.807) is 0 Å². The second-order valence-electron chi connectivity index (χ2n) is 10.7. The number of amides is 6. The number of unbranched alkanes of at least 4 members (excludes halogenated alkanes) is 6. The third-order valence-corrected chi connectivity index (χ3v) is 6.81. The van der Waals surface area contributed by atoms with Gasteiger partial charge in [-0.25, -0.2) is 15.2 Å². The summed E-state index contributed by atoms with van der Waals surface area (Å²) in [6.45, 7) is 5.28. The highest BCUT2D eigenvalue weighted by Crippen LogP contribution is 2.12. The molecule has 0 spiro atoms. The van der Waals surface area contributed by atoms with E-state index in [0.29, 0.717) is 92.6 Å². The molecule has 1 aromatic rings. The summed E-state index contributed by atoms with van der Waals surface area (Å²) in [6, 6.07) is 4.22. The van der Waals surface area contributed by atoms with Crippen molar-refractivity contribution >= 4 is 35.4 Å². The van der Waals surface area contributed by atoms with Crippen LogP contribution in [-0.2, 0) is 14.4 Å². The molecule has 0 heterocycles. The average Bonchev–Trinajstić information content (AvgIpc) is 3.00. The summed E-state index contributed by atoms with van der Waals surface area (Å²) in [4.78, 5) is 72.0. The summed E-state index contributed by atoms with van der Waals surface area (Å²) in [6.07, 6.45) is 5.37. The Kier molecular flexibility index (Phi) is 18.7. The van der Waals surface area contributed by atoms with Gasteiger partial charge in [0.05, 0.1) is 0 Å². The van der Waals surface area contributed by atoms with Crippen LogP contribution in [0.2, 0.25) is 0 Å². The predicted octanol–water partition coefficient (Wildman–Crippen LogP) is 2.10. The van der Waals surface area contributed by atoms with Gasteiger partial charge in [0.25, 0.3) is 17.7 Å². The number of rotatable bonds is 21. The van der Waals surface area contributed by atoms with E-state index in [0.717, 1.165) is 0 Å². The van der Waals surface area contributed by atoms with Crippen molar-refractivity contribution < 1.29 is 44.4 Å². The van der Waals surface area contributed by atoms with E-state index in [-0.39, 0.29) is 36.3 Å². The standard InChI is InChI=1S/C30H48N6O9/c1-22(37)34(43)16-10-4-7-13-31-28(40)25-19-26(29(41)32-14-8-5-11-17-35(44)23(2)38)21-27(20-25)30(42)33-15-9-6-12-18-36(45)24(3)39/h19-21,43-45H,4-18H2,1-3H3,(H,31,40)(H,32,41)(H,33,42). The first-order valence-electron chi connectivity index (χ1n) is 15.2. The summed E-state index contributed by atoms with van der Waals surface area (Å²) in [5.41, 5.74) is 0.390. The van der Waals surface area contributed by atoms with Gasteiger partial charge < -0.3 is 16.0 Å². The van der Waals surface area contributed by atoms with E-state index in [2.05, 4.69) is 16.0 Å². The van der Waals surface area contributed by atoms with Gasteiger partial charge >= 0.3 is 0 Å². The molecule has 0 aliphatic rings. The Morgan fingerprint density at radius 3 is 0.933 bits per heavy atom. The van der Waals surface area contributed by atoms with Crippen LogP contribution in [0, 0.1) is 0 Å². The molecule has 0 aliphatic carbocycles. The molecular weight excluding hydrogens is 588 g/mol. The van der Waals surface area contributed by atoms with Crippen LogP contribution in [0.25, 0.3) is 0 Å². The largest absolute Gasteiger partial charge is 0.352 e. The Morgan fingerprint density at radius 1 is 0.467 bits per heavy atom. The quantitative estimate of drug-likeness (QED) is 0.0662. The lowest BCUT2D eigenvalue weighted by atomic mass is 10.0. The maximum atomic E-state index is 12.9. The SMILES string of the molecule is CC(=O)N(O)CCCCCNC(=O)c1cc(C(=O)NCCCCCN(O)C(C)=O)cc(C(=O)NCCCCCN(O)C(C)=O)c1. The zero-order valence-corrected chi connectivity index (χ0v) is 26.5. The maximum Gasteiger partial charge on any atom is 0.251 e. The zero-order valence-electron chi connectivity index (χ0n) is 26.5. The Hall–Kier alpha value is -4.08. The minimum absolute atomic E-state index is 0.130. The van der Waals surface area contributed by atoms with Gasteiger partial charge in [-0.3, -0.25) is 44.4 Å². The predicted molar refractivity (Wildman–Crippen MR) is 163 cm³/mol. The van der Waals surface area contributed by atoms with Gasteiger partial charge in [0.1, 0.15) is 0 Å². The zero-order chi connectivity index (χ0) is 33.8. The summed E-state index contributed by atoms with van der Waals surface area (Å²) >= 11 is 0. The number of hydroxylamine groups is 6. The Bertz CT molecular complexity index is 997. The summed E-state index contributed by atoms with van der Waals surface area (Å²) in [7, 11) is 0. The second kappa shape index (κ2) is 21.6. The molecule has 0 saturated heterocycles. The fourth-order valence-electron chi connectivity index (χ4n) is 4.10. The first kappa shape index (κ1) is 38.9. The summed E-state index contributed by atoms with van der Waals surface area (Å²) < 4.78 is 0. The van der Waals surface area contributed by atoms with E-state index in [1.165, 1.54) is 39.0 Å². The Morgan fingerprint density at radius 2 is 0.711 bits per heavy atom. The number of carbonyl (C=O) groups excluding carboxylic acids is 6. The van der Waals surface area contributed by atoms with Crippen molar-refractivity contribution in [2.45, 2.75) is 78.6 Å². The number of carbonyl (C=O) groups is 6. The molecule has 6 N–H and O–H groups in total. The normalized spacial score (nSPS) is 10.5. The van der Waals surface area contributed by atoms with Crippen molar-refractivity contribution in [3.8, 4) is 0 Å². The molecule has 0 aliphatic heterocycles. The van der Waals surface area contributed by atoms with E-state index >= 15 is 0 Å². The molecule has 1 rings (SSSR count). The molecule has 0 aromatic heterocycles. The lowest BCUT2D eigenvalue weighted by molar-refractivity contribution is -0.163. The van der Waals surface area contributed by atoms with Crippen LogP contribution in [0.1, 0.15) is 110 Å². The average molecular weight is 637 g/mol. The maximum absolute atomic E-state index is 12.9. The molecule has 0 fully saturated rings. The van der Waals surface area contributed by atoms with Crippen LogP contribution >= 0.6 is 0 Å². The van der Waals surface area contributed by atoms with Crippen LogP contribution in [0.3, 0.4) is 0 Å². The van der Waals surface area contributed by atoms with Crippen LogP contribution in [0.15, 0.2) is 18.2 Å². The highest BCUT2D eigenvalue weighted by molar-refractivity contribution is 6.04. The molecule has 15 heteroatoms. The van der Waals surface area contributed by atoms with Crippen molar-refractivity contribution in [1.82, 2.24) is 31.1 Å². The number of nitrogens with zero attached hydrogens (tertiary/aromatic N) is 3. The minimum Gasteiger partial charge on any atom is -0.352 e. The lowest BCUT2D eigenvalue weighted by Crippen LogP contribution is -2.30. The van der Waals surface area contributed by atoms with E-state index < -0.39 is 35.4 Å². The van der Waals surface area contributed by atoms with Crippen molar-refractivity contribution in [1.29, 1.82) is 0 Å². The Balaban J connectivity index is 2.77. The van der Waals surface area contributed by atoms with Gasteiger partial charge in [-0.05, 0) is 76.0 Å². The third-order valence-electron chi connectivity index (χ3n) is 6.81. The third kappa shape index (κ3) is 16.5. The number of nitrogens with one attached hydrogen (secondary N) is 3. The van der Waals surface area contributed by atoms with Crippen LogP contribution in [0.4, 0.5) is 0 Å². The Labute approximate surface area is 263 Å².